The van der Waals surface area contributed by atoms with Crippen molar-refractivity contribution < 1.29 is 4.79 Å². The number of amides is 2. The van der Waals surface area contributed by atoms with Crippen LogP contribution in [0.25, 0.3) is 5.69 Å². The number of carbonyl (C=O) groups is 1. The molecule has 0 atom stereocenters. The number of rotatable bonds is 6. The van der Waals surface area contributed by atoms with E-state index in [4.69, 9.17) is 5.73 Å². The number of benzene rings is 1. The molecule has 0 saturated heterocycles. The van der Waals surface area contributed by atoms with Gasteiger partial charge in [-0.3, -0.25) is 0 Å². The van der Waals surface area contributed by atoms with Crippen LogP contribution < -0.4 is 16.4 Å². The molecule has 1 aliphatic rings. The van der Waals surface area contributed by atoms with Gasteiger partial charge in [-0.1, -0.05) is 25.1 Å². The molecule has 1 saturated carbocycles. The van der Waals surface area contributed by atoms with E-state index in [1.54, 1.807) is 4.68 Å². The zero-order valence-corrected chi connectivity index (χ0v) is 16.3. The summed E-state index contributed by atoms with van der Waals surface area (Å²) in [6, 6.07) is 11.8. The summed E-state index contributed by atoms with van der Waals surface area (Å²) in [6.07, 6.45) is 5.72. The summed E-state index contributed by atoms with van der Waals surface area (Å²) < 4.78 is 1.60. The van der Waals surface area contributed by atoms with Gasteiger partial charge >= 0.3 is 6.03 Å². The molecule has 0 aliphatic heterocycles. The first-order valence-corrected chi connectivity index (χ1v) is 9.95. The van der Waals surface area contributed by atoms with Crippen molar-refractivity contribution >= 4 is 11.8 Å². The van der Waals surface area contributed by atoms with Crippen LogP contribution in [0.2, 0.25) is 0 Å². The average Bonchev–Trinajstić information content (AvgIpc) is 3.03. The van der Waals surface area contributed by atoms with Crippen LogP contribution in [0.1, 0.15) is 50.3 Å². The Balaban J connectivity index is 1.50. The number of urea groups is 1. The topological polar surface area (TPSA) is 109 Å². The number of nitrogens with one attached hydrogen (secondary N) is 2. The Kier molecular flexibility index (Phi) is 6.53. The maximum atomic E-state index is 12.1. The van der Waals surface area contributed by atoms with Crippen molar-refractivity contribution in [1.82, 2.24) is 20.4 Å². The third-order valence-corrected chi connectivity index (χ3v) is 5.33. The highest BCUT2D eigenvalue weighted by Gasteiger charge is 2.20. The van der Waals surface area contributed by atoms with Gasteiger partial charge in [0.2, 0.25) is 0 Å². The highest BCUT2D eigenvalue weighted by atomic mass is 16.2. The van der Waals surface area contributed by atoms with E-state index in [1.165, 1.54) is 12.8 Å². The molecule has 0 radical (unpaired) electrons. The van der Waals surface area contributed by atoms with E-state index in [0.29, 0.717) is 36.5 Å². The van der Waals surface area contributed by atoms with Gasteiger partial charge in [-0.05, 0) is 56.6 Å². The van der Waals surface area contributed by atoms with E-state index >= 15 is 0 Å². The molecule has 1 fully saturated rings. The number of hydrogen-bond acceptors (Lipinski definition) is 4. The molecule has 1 aromatic heterocycles. The molecule has 4 N–H and O–H groups in total. The first-order chi connectivity index (χ1) is 13.6. The monoisotopic (exact) mass is 380 g/mol. The van der Waals surface area contributed by atoms with Crippen molar-refractivity contribution in [2.24, 2.45) is 5.92 Å². The number of aryl methyl sites for hydroxylation is 1. The van der Waals surface area contributed by atoms with Crippen molar-refractivity contribution in [1.29, 1.82) is 5.26 Å². The maximum absolute atomic E-state index is 12.1. The Morgan fingerprint density at radius 2 is 2.00 bits per heavy atom. The zero-order valence-electron chi connectivity index (χ0n) is 16.3. The molecular formula is C21H28N6O. The molecule has 0 spiro atoms. The largest absolute Gasteiger partial charge is 0.382 e. The zero-order chi connectivity index (χ0) is 19.9. The van der Waals surface area contributed by atoms with E-state index in [0.717, 1.165) is 24.4 Å². The van der Waals surface area contributed by atoms with Crippen molar-refractivity contribution in [3.05, 3.63) is 41.6 Å². The Labute approximate surface area is 165 Å². The minimum Gasteiger partial charge on any atom is -0.382 e. The van der Waals surface area contributed by atoms with Gasteiger partial charge in [-0.25, -0.2) is 9.48 Å². The van der Waals surface area contributed by atoms with Gasteiger partial charge in [0, 0.05) is 12.6 Å². The van der Waals surface area contributed by atoms with Gasteiger partial charge < -0.3 is 16.4 Å². The second-order valence-electron chi connectivity index (χ2n) is 7.53. The summed E-state index contributed by atoms with van der Waals surface area (Å²) in [6.45, 7) is 2.79. The van der Waals surface area contributed by atoms with Crippen LogP contribution in [-0.2, 0) is 6.42 Å². The molecular weight excluding hydrogens is 352 g/mol. The van der Waals surface area contributed by atoms with Crippen molar-refractivity contribution in [2.45, 2.75) is 51.5 Å². The number of hydrogen-bond donors (Lipinski definition) is 3. The lowest BCUT2D eigenvalue weighted by Gasteiger charge is -2.26. The van der Waals surface area contributed by atoms with E-state index in [1.807, 2.05) is 30.3 Å². The second-order valence-corrected chi connectivity index (χ2v) is 7.53. The van der Waals surface area contributed by atoms with Crippen LogP contribution in [0.5, 0.6) is 0 Å². The lowest BCUT2D eigenvalue weighted by atomic mass is 9.87. The van der Waals surface area contributed by atoms with E-state index in [9.17, 15) is 10.1 Å². The first-order valence-electron chi connectivity index (χ1n) is 9.95. The molecule has 2 amide bonds. The molecule has 7 heteroatoms. The van der Waals surface area contributed by atoms with Crippen molar-refractivity contribution in [2.75, 3.05) is 12.3 Å². The molecule has 0 unspecified atom stereocenters. The van der Waals surface area contributed by atoms with Gasteiger partial charge in [0.05, 0.1) is 11.4 Å². The molecule has 148 valence electrons. The van der Waals surface area contributed by atoms with Crippen LogP contribution in [0.4, 0.5) is 10.6 Å². The van der Waals surface area contributed by atoms with Crippen LogP contribution in [0.3, 0.4) is 0 Å². The summed E-state index contributed by atoms with van der Waals surface area (Å²) >= 11 is 0. The molecule has 3 rings (SSSR count). The van der Waals surface area contributed by atoms with Gasteiger partial charge in [0.1, 0.15) is 17.5 Å². The number of carbonyl (C=O) groups excluding carboxylic acids is 1. The van der Waals surface area contributed by atoms with Crippen LogP contribution in [-0.4, -0.2) is 28.4 Å². The third kappa shape index (κ3) is 4.83. The summed E-state index contributed by atoms with van der Waals surface area (Å²) in [5, 5.41) is 19.9. The number of nitrogens with two attached hydrogens (primary N) is 1. The predicted molar refractivity (Wildman–Crippen MR) is 109 cm³/mol. The summed E-state index contributed by atoms with van der Waals surface area (Å²) in [5.41, 5.74) is 8.00. The van der Waals surface area contributed by atoms with Gasteiger partial charge in [0.25, 0.3) is 0 Å². The Morgan fingerprint density at radius 3 is 2.68 bits per heavy atom. The maximum Gasteiger partial charge on any atom is 0.315 e. The summed E-state index contributed by atoms with van der Waals surface area (Å²) in [4.78, 5) is 12.1. The van der Waals surface area contributed by atoms with E-state index in [-0.39, 0.29) is 12.1 Å². The van der Waals surface area contributed by atoms with Gasteiger partial charge in [-0.2, -0.15) is 10.4 Å². The minimum absolute atomic E-state index is 0.116. The summed E-state index contributed by atoms with van der Waals surface area (Å²) in [7, 11) is 0. The van der Waals surface area contributed by atoms with Crippen LogP contribution in [0.15, 0.2) is 30.3 Å². The lowest BCUT2D eigenvalue weighted by Crippen LogP contribution is -2.43. The molecule has 1 heterocycles. The van der Waals surface area contributed by atoms with Crippen LogP contribution in [0, 0.1) is 17.2 Å². The number of nitriles is 1. The van der Waals surface area contributed by atoms with E-state index < -0.39 is 0 Å². The first kappa shape index (κ1) is 19.7. The number of aromatic nitrogens is 2. The van der Waals surface area contributed by atoms with E-state index in [2.05, 4.69) is 28.7 Å². The molecule has 0 bridgehead atoms. The Morgan fingerprint density at radius 1 is 1.29 bits per heavy atom. The van der Waals surface area contributed by atoms with Gasteiger partial charge in [0.15, 0.2) is 0 Å². The van der Waals surface area contributed by atoms with Crippen molar-refractivity contribution in [3.63, 3.8) is 0 Å². The highest BCUT2D eigenvalue weighted by Crippen LogP contribution is 2.23. The highest BCUT2D eigenvalue weighted by molar-refractivity contribution is 5.74. The normalized spacial score (nSPS) is 19.0. The SMILES string of the molecule is CC1CCC(NC(=O)NCCCc2nn(-c3ccccc3)c(N)c2C#N)CC1. The Bertz CT molecular complexity index is 831. The quantitative estimate of drug-likeness (QED) is 0.669. The average molecular weight is 380 g/mol. The predicted octanol–water partition coefficient (Wildman–Crippen LogP) is 3.14. The number of nitrogen functional groups attached to an aromatic ring is 1. The number of para-hydroxylation sites is 1. The Hall–Kier alpha value is -3.01. The van der Waals surface area contributed by atoms with Gasteiger partial charge in [-0.15, -0.1) is 0 Å². The second kappa shape index (κ2) is 9.27. The standard InChI is InChI=1S/C21H28N6O/c1-15-9-11-16(12-10-15)25-21(28)24-13-5-8-19-18(14-22)20(23)27(26-19)17-6-3-2-4-7-17/h2-4,6-7,15-16H,5,8-13,23H2,1H3,(H2,24,25,28). The fraction of sp³-hybridized carbons (Fsp3) is 0.476. The number of anilines is 1. The fourth-order valence-corrected chi connectivity index (χ4v) is 3.64. The fourth-order valence-electron chi connectivity index (χ4n) is 3.64. The number of nitrogens with zero attached hydrogens (tertiary/aromatic N) is 3. The molecule has 7 nitrogen and oxygen atoms in total. The smallest absolute Gasteiger partial charge is 0.315 e. The molecule has 1 aromatic carbocycles. The minimum atomic E-state index is -0.116. The molecule has 1 aliphatic carbocycles. The lowest BCUT2D eigenvalue weighted by molar-refractivity contribution is 0.228. The summed E-state index contributed by atoms with van der Waals surface area (Å²) in [5.74, 6) is 1.11. The van der Waals surface area contributed by atoms with Crippen LogP contribution >= 0.6 is 0 Å². The molecule has 2 aromatic rings. The molecule has 28 heavy (non-hydrogen) atoms. The third-order valence-electron chi connectivity index (χ3n) is 5.33. The van der Waals surface area contributed by atoms with Crippen molar-refractivity contribution in [3.8, 4) is 11.8 Å².